The second kappa shape index (κ2) is 9.28. The van der Waals surface area contributed by atoms with Crippen molar-refractivity contribution in [3.8, 4) is 0 Å². The van der Waals surface area contributed by atoms with Crippen LogP contribution in [0, 0.1) is 11.8 Å². The second-order valence-electron chi connectivity index (χ2n) is 7.09. The van der Waals surface area contributed by atoms with Crippen molar-refractivity contribution in [1.29, 1.82) is 0 Å². The Morgan fingerprint density at radius 2 is 2.11 bits per heavy atom. The summed E-state index contributed by atoms with van der Waals surface area (Å²) < 4.78 is 0. The summed E-state index contributed by atoms with van der Waals surface area (Å²) in [5, 5.41) is 9.06. The van der Waals surface area contributed by atoms with E-state index in [-0.39, 0.29) is 11.8 Å². The first-order valence-electron chi connectivity index (χ1n) is 9.45. The van der Waals surface area contributed by atoms with Crippen molar-refractivity contribution in [3.63, 3.8) is 0 Å². The molecular formula is C21H26N4O2. The van der Waals surface area contributed by atoms with E-state index in [1.165, 1.54) is 12.8 Å². The molecule has 1 aliphatic rings. The number of nitrogens with zero attached hydrogens (tertiary/aromatic N) is 1. The van der Waals surface area contributed by atoms with Gasteiger partial charge in [-0.2, -0.15) is 0 Å². The molecule has 0 aliphatic carbocycles. The number of benzene rings is 1. The van der Waals surface area contributed by atoms with Gasteiger partial charge in [0.2, 0.25) is 5.91 Å². The number of amides is 2. The SMILES string of the molecule is CC(CC(=O)Nc1cccc(C(=O)Nc2ccccn2)c1)C1CCCNC1. The van der Waals surface area contributed by atoms with E-state index in [0.717, 1.165) is 13.1 Å². The van der Waals surface area contributed by atoms with Crippen LogP contribution >= 0.6 is 0 Å². The highest BCUT2D eigenvalue weighted by molar-refractivity contribution is 6.04. The Morgan fingerprint density at radius 3 is 2.85 bits per heavy atom. The predicted molar refractivity (Wildman–Crippen MR) is 107 cm³/mol. The number of hydrogen-bond donors (Lipinski definition) is 3. The lowest BCUT2D eigenvalue weighted by molar-refractivity contribution is -0.117. The Hall–Kier alpha value is -2.73. The smallest absolute Gasteiger partial charge is 0.256 e. The Balaban J connectivity index is 1.56. The molecule has 1 aromatic carbocycles. The maximum absolute atomic E-state index is 12.4. The molecule has 6 nitrogen and oxygen atoms in total. The zero-order valence-corrected chi connectivity index (χ0v) is 15.6. The van der Waals surface area contributed by atoms with Gasteiger partial charge in [-0.3, -0.25) is 9.59 Å². The summed E-state index contributed by atoms with van der Waals surface area (Å²) in [7, 11) is 0. The van der Waals surface area contributed by atoms with Gasteiger partial charge in [-0.15, -0.1) is 0 Å². The van der Waals surface area contributed by atoms with Gasteiger partial charge < -0.3 is 16.0 Å². The lowest BCUT2D eigenvalue weighted by Crippen LogP contribution is -2.34. The number of nitrogens with one attached hydrogen (secondary N) is 3. The van der Waals surface area contributed by atoms with E-state index in [1.54, 1.807) is 42.6 Å². The minimum Gasteiger partial charge on any atom is -0.326 e. The topological polar surface area (TPSA) is 83.1 Å². The molecule has 3 N–H and O–H groups in total. The number of carbonyl (C=O) groups is 2. The van der Waals surface area contributed by atoms with E-state index in [9.17, 15) is 9.59 Å². The van der Waals surface area contributed by atoms with E-state index < -0.39 is 0 Å². The van der Waals surface area contributed by atoms with Crippen molar-refractivity contribution in [2.75, 3.05) is 23.7 Å². The van der Waals surface area contributed by atoms with Gasteiger partial charge in [0.25, 0.3) is 5.91 Å². The van der Waals surface area contributed by atoms with Crippen LogP contribution in [0.4, 0.5) is 11.5 Å². The molecule has 6 heteroatoms. The summed E-state index contributed by atoms with van der Waals surface area (Å²) >= 11 is 0. The molecule has 2 atom stereocenters. The van der Waals surface area contributed by atoms with Gasteiger partial charge in [-0.25, -0.2) is 4.98 Å². The zero-order valence-electron chi connectivity index (χ0n) is 15.6. The average molecular weight is 366 g/mol. The summed E-state index contributed by atoms with van der Waals surface area (Å²) in [4.78, 5) is 28.8. The van der Waals surface area contributed by atoms with Crippen LogP contribution in [0.1, 0.15) is 36.5 Å². The van der Waals surface area contributed by atoms with Crippen LogP contribution in [0.3, 0.4) is 0 Å². The molecule has 2 unspecified atom stereocenters. The molecule has 1 aliphatic heterocycles. The number of piperidine rings is 1. The van der Waals surface area contributed by atoms with Gasteiger partial charge in [-0.1, -0.05) is 19.1 Å². The minimum absolute atomic E-state index is 0.0182. The summed E-state index contributed by atoms with van der Waals surface area (Å²) in [6.45, 7) is 4.19. The van der Waals surface area contributed by atoms with Crippen LogP contribution in [-0.4, -0.2) is 29.9 Å². The maximum Gasteiger partial charge on any atom is 0.256 e. The van der Waals surface area contributed by atoms with Crippen molar-refractivity contribution in [2.24, 2.45) is 11.8 Å². The number of pyridine rings is 1. The quantitative estimate of drug-likeness (QED) is 0.732. The number of rotatable bonds is 6. The highest BCUT2D eigenvalue weighted by atomic mass is 16.2. The van der Waals surface area contributed by atoms with Gasteiger partial charge >= 0.3 is 0 Å². The van der Waals surface area contributed by atoms with Crippen LogP contribution < -0.4 is 16.0 Å². The van der Waals surface area contributed by atoms with Gasteiger partial charge in [0.05, 0.1) is 0 Å². The fourth-order valence-electron chi connectivity index (χ4n) is 3.40. The van der Waals surface area contributed by atoms with Gasteiger partial charge in [0, 0.05) is 23.9 Å². The van der Waals surface area contributed by atoms with Crippen LogP contribution in [-0.2, 0) is 4.79 Å². The molecule has 0 radical (unpaired) electrons. The summed E-state index contributed by atoms with van der Waals surface area (Å²) in [5.74, 6) is 1.09. The summed E-state index contributed by atoms with van der Waals surface area (Å²) in [5.41, 5.74) is 1.10. The van der Waals surface area contributed by atoms with Crippen molar-refractivity contribution in [2.45, 2.75) is 26.2 Å². The number of carbonyl (C=O) groups excluding carboxylic acids is 2. The molecule has 2 aromatic rings. The molecular weight excluding hydrogens is 340 g/mol. The Morgan fingerprint density at radius 1 is 1.22 bits per heavy atom. The maximum atomic E-state index is 12.4. The largest absolute Gasteiger partial charge is 0.326 e. The number of aromatic nitrogens is 1. The zero-order chi connectivity index (χ0) is 19.1. The van der Waals surface area contributed by atoms with Crippen LogP contribution in [0.15, 0.2) is 48.7 Å². The average Bonchev–Trinajstić information content (AvgIpc) is 2.69. The van der Waals surface area contributed by atoms with Gasteiger partial charge in [0.15, 0.2) is 0 Å². The second-order valence-corrected chi connectivity index (χ2v) is 7.09. The Labute approximate surface area is 159 Å². The van der Waals surface area contributed by atoms with Gasteiger partial charge in [0.1, 0.15) is 5.82 Å². The number of anilines is 2. The summed E-state index contributed by atoms with van der Waals surface area (Å²) in [6.07, 6.45) is 4.45. The molecule has 0 spiro atoms. The molecule has 0 bridgehead atoms. The van der Waals surface area contributed by atoms with E-state index in [2.05, 4.69) is 27.9 Å². The molecule has 1 saturated heterocycles. The molecule has 0 saturated carbocycles. The third-order valence-corrected chi connectivity index (χ3v) is 4.96. The van der Waals surface area contributed by atoms with E-state index in [1.807, 2.05) is 6.07 Å². The molecule has 27 heavy (non-hydrogen) atoms. The predicted octanol–water partition coefficient (Wildman–Crippen LogP) is 3.30. The van der Waals surface area contributed by atoms with Crippen LogP contribution in [0.5, 0.6) is 0 Å². The first-order chi connectivity index (χ1) is 13.1. The molecule has 1 aromatic heterocycles. The molecule has 2 heterocycles. The van der Waals surface area contributed by atoms with Crippen molar-refractivity contribution in [1.82, 2.24) is 10.3 Å². The fourth-order valence-corrected chi connectivity index (χ4v) is 3.40. The molecule has 2 amide bonds. The lowest BCUT2D eigenvalue weighted by Gasteiger charge is -2.28. The molecule has 1 fully saturated rings. The van der Waals surface area contributed by atoms with Crippen LogP contribution in [0.2, 0.25) is 0 Å². The fraction of sp³-hybridized carbons (Fsp3) is 0.381. The van der Waals surface area contributed by atoms with Crippen molar-refractivity contribution < 1.29 is 9.59 Å². The normalized spacial score (nSPS) is 17.7. The lowest BCUT2D eigenvalue weighted by atomic mass is 9.85. The van der Waals surface area contributed by atoms with E-state index >= 15 is 0 Å². The van der Waals surface area contributed by atoms with Crippen molar-refractivity contribution >= 4 is 23.3 Å². The highest BCUT2D eigenvalue weighted by Gasteiger charge is 2.22. The van der Waals surface area contributed by atoms with Gasteiger partial charge in [-0.05, 0) is 68.1 Å². The van der Waals surface area contributed by atoms with Crippen molar-refractivity contribution in [3.05, 3.63) is 54.2 Å². The molecule has 142 valence electrons. The Kier molecular flexibility index (Phi) is 6.54. The first kappa shape index (κ1) is 19.0. The monoisotopic (exact) mass is 366 g/mol. The summed E-state index contributed by atoms with van der Waals surface area (Å²) in [6, 6.07) is 12.3. The molecule has 3 rings (SSSR count). The first-order valence-corrected chi connectivity index (χ1v) is 9.45. The standard InChI is InChI=1S/C21H26N4O2/c1-15(17-7-5-10-22-14-17)12-20(26)24-18-8-4-6-16(13-18)21(27)25-19-9-2-3-11-23-19/h2-4,6,8-9,11,13,15,17,22H,5,7,10,12,14H2,1H3,(H,24,26)(H,23,25,27). The Bertz CT molecular complexity index is 773. The minimum atomic E-state index is -0.258. The number of hydrogen-bond acceptors (Lipinski definition) is 4. The third-order valence-electron chi connectivity index (χ3n) is 4.96. The third kappa shape index (κ3) is 5.62. The van der Waals surface area contributed by atoms with E-state index in [0.29, 0.717) is 35.3 Å². The van der Waals surface area contributed by atoms with Crippen LogP contribution in [0.25, 0.3) is 0 Å². The van der Waals surface area contributed by atoms with E-state index in [4.69, 9.17) is 0 Å². The highest BCUT2D eigenvalue weighted by Crippen LogP contribution is 2.23.